The minimum absolute atomic E-state index is 0.243. The monoisotopic (exact) mass is 214 g/mol. The molecule has 0 saturated carbocycles. The van der Waals surface area contributed by atoms with E-state index in [1.165, 1.54) is 32.4 Å². The molecule has 0 aromatic rings. The Morgan fingerprint density at radius 1 is 1.53 bits per heavy atom. The smallest absolute Gasteiger partial charge is 0.0705 e. The van der Waals surface area contributed by atoms with Crippen LogP contribution in [0.1, 0.15) is 32.6 Å². The lowest BCUT2D eigenvalue weighted by molar-refractivity contribution is 0.0802. The summed E-state index contributed by atoms with van der Waals surface area (Å²) in [7, 11) is 1.75. The summed E-state index contributed by atoms with van der Waals surface area (Å²) in [5.41, 5.74) is 5.61. The molecule has 90 valence electrons. The number of piperidine rings is 1. The van der Waals surface area contributed by atoms with Gasteiger partial charge in [0, 0.05) is 26.7 Å². The number of rotatable bonds is 6. The molecule has 2 unspecified atom stereocenters. The van der Waals surface area contributed by atoms with Crippen LogP contribution in [-0.4, -0.2) is 44.3 Å². The highest BCUT2D eigenvalue weighted by Crippen LogP contribution is 2.19. The molecular formula is C12H26N2O. The Morgan fingerprint density at radius 3 is 2.93 bits per heavy atom. The number of methoxy groups -OCH3 is 1. The highest BCUT2D eigenvalue weighted by Gasteiger charge is 2.18. The first-order chi connectivity index (χ1) is 7.30. The van der Waals surface area contributed by atoms with Gasteiger partial charge in [0.1, 0.15) is 0 Å². The maximum absolute atomic E-state index is 5.61. The summed E-state index contributed by atoms with van der Waals surface area (Å²) >= 11 is 0. The van der Waals surface area contributed by atoms with Crippen molar-refractivity contribution in [3.8, 4) is 0 Å². The third-order valence-electron chi connectivity index (χ3n) is 3.54. The average Bonchev–Trinajstić information content (AvgIpc) is 2.31. The summed E-state index contributed by atoms with van der Waals surface area (Å²) in [6.07, 6.45) is 5.41. The van der Waals surface area contributed by atoms with Crippen molar-refractivity contribution in [3.05, 3.63) is 0 Å². The summed E-state index contributed by atoms with van der Waals surface area (Å²) in [6, 6.07) is 0. The molecule has 1 saturated heterocycles. The van der Waals surface area contributed by atoms with Crippen molar-refractivity contribution in [2.75, 3.05) is 33.3 Å². The molecule has 15 heavy (non-hydrogen) atoms. The Morgan fingerprint density at radius 2 is 2.33 bits per heavy atom. The van der Waals surface area contributed by atoms with Crippen LogP contribution < -0.4 is 5.73 Å². The van der Waals surface area contributed by atoms with Gasteiger partial charge in [-0.2, -0.15) is 0 Å². The molecule has 0 aliphatic carbocycles. The minimum Gasteiger partial charge on any atom is -0.380 e. The van der Waals surface area contributed by atoms with Crippen LogP contribution in [0.15, 0.2) is 0 Å². The van der Waals surface area contributed by atoms with Gasteiger partial charge in [0.2, 0.25) is 0 Å². The van der Waals surface area contributed by atoms with Crippen LogP contribution >= 0.6 is 0 Å². The molecule has 0 amide bonds. The van der Waals surface area contributed by atoms with Crippen molar-refractivity contribution in [1.29, 1.82) is 0 Å². The predicted molar refractivity (Wildman–Crippen MR) is 63.9 cm³/mol. The second kappa shape index (κ2) is 7.20. The van der Waals surface area contributed by atoms with E-state index in [0.717, 1.165) is 18.9 Å². The zero-order valence-electron chi connectivity index (χ0n) is 10.2. The average molecular weight is 214 g/mol. The number of hydrogen-bond acceptors (Lipinski definition) is 3. The molecule has 0 aromatic heterocycles. The van der Waals surface area contributed by atoms with E-state index < -0.39 is 0 Å². The van der Waals surface area contributed by atoms with Crippen LogP contribution in [0, 0.1) is 5.92 Å². The molecule has 3 heteroatoms. The number of likely N-dealkylation sites (tertiary alicyclic amines) is 1. The molecule has 3 nitrogen and oxygen atoms in total. The Balaban J connectivity index is 2.20. The van der Waals surface area contributed by atoms with Crippen LogP contribution in [-0.2, 0) is 4.74 Å². The van der Waals surface area contributed by atoms with Crippen molar-refractivity contribution < 1.29 is 4.74 Å². The Hall–Kier alpha value is -0.120. The Labute approximate surface area is 94.0 Å². The van der Waals surface area contributed by atoms with Crippen molar-refractivity contribution in [1.82, 2.24) is 4.90 Å². The van der Waals surface area contributed by atoms with Crippen molar-refractivity contribution in [2.45, 2.75) is 38.7 Å². The first kappa shape index (κ1) is 12.9. The molecule has 0 bridgehead atoms. The highest BCUT2D eigenvalue weighted by atomic mass is 16.5. The number of nitrogens with two attached hydrogens (primary N) is 1. The molecule has 2 N–H and O–H groups in total. The molecule has 0 radical (unpaired) electrons. The van der Waals surface area contributed by atoms with Gasteiger partial charge >= 0.3 is 0 Å². The third-order valence-corrected chi connectivity index (χ3v) is 3.54. The fourth-order valence-corrected chi connectivity index (χ4v) is 2.35. The minimum atomic E-state index is 0.243. The van der Waals surface area contributed by atoms with Gasteiger partial charge in [-0.15, -0.1) is 0 Å². The zero-order chi connectivity index (χ0) is 11.1. The fraction of sp³-hybridized carbons (Fsp3) is 1.00. The molecule has 1 fully saturated rings. The quantitative estimate of drug-likeness (QED) is 0.728. The standard InChI is InChI=1S/C12H26N2O/c1-3-11-5-4-7-14(10-11)8-6-12(9-13)15-2/h11-12H,3-10,13H2,1-2H3. The number of nitrogens with zero attached hydrogens (tertiary/aromatic N) is 1. The molecule has 0 aromatic carbocycles. The predicted octanol–water partition coefficient (Wildman–Crippen LogP) is 1.47. The normalized spacial score (nSPS) is 25.4. The molecule has 1 heterocycles. The lowest BCUT2D eigenvalue weighted by Crippen LogP contribution is -2.38. The van der Waals surface area contributed by atoms with Crippen LogP contribution in [0.25, 0.3) is 0 Å². The van der Waals surface area contributed by atoms with Crippen molar-refractivity contribution in [2.24, 2.45) is 11.7 Å². The van der Waals surface area contributed by atoms with Gasteiger partial charge in [-0.25, -0.2) is 0 Å². The van der Waals surface area contributed by atoms with E-state index in [9.17, 15) is 0 Å². The van der Waals surface area contributed by atoms with Crippen LogP contribution in [0.4, 0.5) is 0 Å². The largest absolute Gasteiger partial charge is 0.380 e. The van der Waals surface area contributed by atoms with Crippen LogP contribution in [0.2, 0.25) is 0 Å². The van der Waals surface area contributed by atoms with Gasteiger partial charge in [-0.3, -0.25) is 0 Å². The van der Waals surface area contributed by atoms with Crippen LogP contribution in [0.5, 0.6) is 0 Å². The molecular weight excluding hydrogens is 188 g/mol. The molecule has 2 atom stereocenters. The fourth-order valence-electron chi connectivity index (χ4n) is 2.35. The summed E-state index contributed by atoms with van der Waals surface area (Å²) < 4.78 is 5.29. The number of ether oxygens (including phenoxy) is 1. The van der Waals surface area contributed by atoms with Gasteiger partial charge in [-0.05, 0) is 31.7 Å². The van der Waals surface area contributed by atoms with E-state index in [0.29, 0.717) is 6.54 Å². The molecule has 1 aliphatic heterocycles. The Kier molecular flexibility index (Phi) is 6.22. The van der Waals surface area contributed by atoms with E-state index in [4.69, 9.17) is 10.5 Å². The topological polar surface area (TPSA) is 38.5 Å². The number of hydrogen-bond donors (Lipinski definition) is 1. The summed E-state index contributed by atoms with van der Waals surface area (Å²) in [5, 5.41) is 0. The van der Waals surface area contributed by atoms with Crippen molar-refractivity contribution in [3.63, 3.8) is 0 Å². The summed E-state index contributed by atoms with van der Waals surface area (Å²) in [5.74, 6) is 0.914. The summed E-state index contributed by atoms with van der Waals surface area (Å²) in [6.45, 7) is 6.62. The SMILES string of the molecule is CCC1CCCN(CCC(CN)OC)C1. The van der Waals surface area contributed by atoms with Crippen LogP contribution in [0.3, 0.4) is 0 Å². The van der Waals surface area contributed by atoms with E-state index in [-0.39, 0.29) is 6.10 Å². The summed E-state index contributed by atoms with van der Waals surface area (Å²) in [4.78, 5) is 2.57. The lowest BCUT2D eigenvalue weighted by Gasteiger charge is -2.32. The van der Waals surface area contributed by atoms with E-state index in [2.05, 4.69) is 11.8 Å². The van der Waals surface area contributed by atoms with Gasteiger partial charge < -0.3 is 15.4 Å². The first-order valence-electron chi connectivity index (χ1n) is 6.25. The van der Waals surface area contributed by atoms with Gasteiger partial charge in [0.15, 0.2) is 0 Å². The molecule has 1 rings (SSSR count). The molecule has 0 spiro atoms. The maximum Gasteiger partial charge on any atom is 0.0705 e. The van der Waals surface area contributed by atoms with Gasteiger partial charge in [-0.1, -0.05) is 13.3 Å². The van der Waals surface area contributed by atoms with Gasteiger partial charge in [0.25, 0.3) is 0 Å². The van der Waals surface area contributed by atoms with E-state index in [1.807, 2.05) is 0 Å². The van der Waals surface area contributed by atoms with Crippen molar-refractivity contribution >= 4 is 0 Å². The second-order valence-corrected chi connectivity index (χ2v) is 4.60. The molecule has 1 aliphatic rings. The zero-order valence-corrected chi connectivity index (χ0v) is 10.2. The Bertz CT molecular complexity index is 160. The maximum atomic E-state index is 5.61. The van der Waals surface area contributed by atoms with E-state index in [1.54, 1.807) is 7.11 Å². The van der Waals surface area contributed by atoms with Gasteiger partial charge in [0.05, 0.1) is 6.10 Å². The second-order valence-electron chi connectivity index (χ2n) is 4.60. The first-order valence-corrected chi connectivity index (χ1v) is 6.25. The highest BCUT2D eigenvalue weighted by molar-refractivity contribution is 4.73. The van der Waals surface area contributed by atoms with E-state index >= 15 is 0 Å². The lowest BCUT2D eigenvalue weighted by atomic mass is 9.95. The third kappa shape index (κ3) is 4.49.